The quantitative estimate of drug-likeness (QED) is 0.804. The summed E-state index contributed by atoms with van der Waals surface area (Å²) in [6.45, 7) is 4.91. The first-order chi connectivity index (χ1) is 8.46. The highest BCUT2D eigenvalue weighted by Crippen LogP contribution is 2.33. The number of hydrogen-bond acceptors (Lipinski definition) is 5. The molecule has 1 aliphatic heterocycles. The zero-order valence-electron chi connectivity index (χ0n) is 11.0. The number of aromatic nitrogens is 2. The first-order valence-electron chi connectivity index (χ1n) is 5.76. The molecule has 0 aliphatic carbocycles. The largest absolute Gasteiger partial charge is 0.261 e. The number of primary sulfonamides is 1. The van der Waals surface area contributed by atoms with E-state index in [4.69, 9.17) is 5.14 Å². The van der Waals surface area contributed by atoms with Gasteiger partial charge in [0.25, 0.3) is 0 Å². The number of aryl methyl sites for hydroxylation is 1. The van der Waals surface area contributed by atoms with Crippen LogP contribution in [0.3, 0.4) is 0 Å². The summed E-state index contributed by atoms with van der Waals surface area (Å²) in [5.74, 6) is 0.0541. The van der Waals surface area contributed by atoms with Crippen molar-refractivity contribution in [2.45, 2.75) is 37.6 Å². The summed E-state index contributed by atoms with van der Waals surface area (Å²) in [6.07, 6.45) is 0.418. The van der Waals surface area contributed by atoms with Gasteiger partial charge in [-0.3, -0.25) is 4.68 Å². The lowest BCUT2D eigenvalue weighted by atomic mass is 10.0. The summed E-state index contributed by atoms with van der Waals surface area (Å²) in [5, 5.41) is 9.36. The topological polar surface area (TPSA) is 112 Å². The molecule has 1 saturated heterocycles. The zero-order chi connectivity index (χ0) is 14.6. The molecule has 2 heterocycles. The Morgan fingerprint density at radius 3 is 2.32 bits per heavy atom. The van der Waals surface area contributed by atoms with E-state index in [0.29, 0.717) is 17.8 Å². The van der Waals surface area contributed by atoms with E-state index >= 15 is 0 Å². The molecule has 7 nitrogen and oxygen atoms in total. The minimum absolute atomic E-state index is 0.0157. The molecule has 108 valence electrons. The molecule has 0 spiro atoms. The highest BCUT2D eigenvalue weighted by molar-refractivity contribution is 7.91. The van der Waals surface area contributed by atoms with Gasteiger partial charge in [0.15, 0.2) is 9.84 Å². The van der Waals surface area contributed by atoms with Crippen molar-refractivity contribution in [3.05, 3.63) is 11.4 Å². The fourth-order valence-corrected chi connectivity index (χ4v) is 5.79. The number of sulfone groups is 1. The Morgan fingerprint density at radius 2 is 1.95 bits per heavy atom. The molecule has 1 unspecified atom stereocenters. The molecular weight excluding hydrogens is 290 g/mol. The molecule has 0 saturated carbocycles. The maximum atomic E-state index is 11.6. The lowest BCUT2D eigenvalue weighted by molar-refractivity contribution is 0.320. The molecule has 0 amide bonds. The fraction of sp³-hybridized carbons (Fsp3) is 0.700. The third kappa shape index (κ3) is 2.41. The van der Waals surface area contributed by atoms with E-state index in [9.17, 15) is 16.8 Å². The van der Waals surface area contributed by atoms with Gasteiger partial charge in [0.1, 0.15) is 4.90 Å². The van der Waals surface area contributed by atoms with Gasteiger partial charge in [-0.15, -0.1) is 0 Å². The second-order valence-electron chi connectivity index (χ2n) is 5.30. The molecule has 1 aliphatic rings. The van der Waals surface area contributed by atoms with Gasteiger partial charge >= 0.3 is 0 Å². The van der Waals surface area contributed by atoms with Crippen molar-refractivity contribution >= 4 is 19.9 Å². The summed E-state index contributed by atoms with van der Waals surface area (Å²) in [6, 6.07) is 0. The monoisotopic (exact) mass is 307 g/mol. The second kappa shape index (κ2) is 4.03. The minimum atomic E-state index is -3.86. The molecule has 0 bridgehead atoms. The molecule has 2 rings (SSSR count). The van der Waals surface area contributed by atoms with Gasteiger partial charge in [-0.2, -0.15) is 5.10 Å². The molecule has 19 heavy (non-hydrogen) atoms. The second-order valence-corrected chi connectivity index (χ2v) is 8.98. The van der Waals surface area contributed by atoms with Crippen molar-refractivity contribution in [3.63, 3.8) is 0 Å². The van der Waals surface area contributed by atoms with Crippen molar-refractivity contribution in [1.29, 1.82) is 0 Å². The molecule has 1 fully saturated rings. The summed E-state index contributed by atoms with van der Waals surface area (Å²) in [7, 11) is -6.96. The minimum Gasteiger partial charge on any atom is -0.261 e. The van der Waals surface area contributed by atoms with Gasteiger partial charge in [0, 0.05) is 0 Å². The fourth-order valence-electron chi connectivity index (χ4n) is 2.73. The maximum absolute atomic E-state index is 11.6. The van der Waals surface area contributed by atoms with Crippen molar-refractivity contribution in [3.8, 4) is 0 Å². The number of nitrogens with zero attached hydrogens (tertiary/aromatic N) is 2. The Hall–Kier alpha value is -0.930. The van der Waals surface area contributed by atoms with E-state index in [1.165, 1.54) is 4.68 Å². The highest BCUT2D eigenvalue weighted by Gasteiger charge is 2.42. The van der Waals surface area contributed by atoms with Gasteiger partial charge in [0.05, 0.1) is 28.4 Å². The van der Waals surface area contributed by atoms with Crippen molar-refractivity contribution in [2.24, 2.45) is 5.14 Å². The molecule has 0 radical (unpaired) electrons. The number of sulfonamides is 1. The Balaban J connectivity index is 2.61. The Bertz CT molecular complexity index is 733. The standard InChI is InChI=1S/C10H17N3O4S2/c1-7-9(19(11,16)17)8(2)13(12-7)10(3)4-5-18(14,15)6-10/h4-6H2,1-3H3,(H2,11,16,17). The summed E-state index contributed by atoms with van der Waals surface area (Å²) in [5.41, 5.74) is -0.0264. The first-order valence-corrected chi connectivity index (χ1v) is 9.13. The van der Waals surface area contributed by atoms with E-state index in [2.05, 4.69) is 5.10 Å². The van der Waals surface area contributed by atoms with Gasteiger partial charge in [-0.25, -0.2) is 22.0 Å². The lowest BCUT2D eigenvalue weighted by Gasteiger charge is -2.24. The molecule has 9 heteroatoms. The summed E-state index contributed by atoms with van der Waals surface area (Å²) < 4.78 is 47.8. The van der Waals surface area contributed by atoms with Crippen LogP contribution in [0.4, 0.5) is 0 Å². The lowest BCUT2D eigenvalue weighted by Crippen LogP contribution is -2.33. The molecular formula is C10H17N3O4S2. The first kappa shape index (κ1) is 14.5. The van der Waals surface area contributed by atoms with Crippen LogP contribution in [0, 0.1) is 13.8 Å². The predicted octanol–water partition coefficient (Wildman–Crippen LogP) is -0.319. The summed E-state index contributed by atoms with van der Waals surface area (Å²) in [4.78, 5) is -0.0157. The van der Waals surface area contributed by atoms with Crippen LogP contribution in [0.2, 0.25) is 0 Å². The van der Waals surface area contributed by atoms with Crippen LogP contribution in [0.5, 0.6) is 0 Å². The normalized spacial score (nSPS) is 26.7. The number of nitrogens with two attached hydrogens (primary N) is 1. The van der Waals surface area contributed by atoms with Crippen molar-refractivity contribution in [1.82, 2.24) is 9.78 Å². The Kier molecular flexibility index (Phi) is 3.07. The van der Waals surface area contributed by atoms with Crippen LogP contribution in [0.15, 0.2) is 4.90 Å². The van der Waals surface area contributed by atoms with Crippen LogP contribution in [0.1, 0.15) is 24.7 Å². The number of hydrogen-bond donors (Lipinski definition) is 1. The molecule has 0 aromatic carbocycles. The molecule has 2 N–H and O–H groups in total. The van der Waals surface area contributed by atoms with Crippen molar-refractivity contribution < 1.29 is 16.8 Å². The van der Waals surface area contributed by atoms with Gasteiger partial charge in [-0.05, 0) is 27.2 Å². The third-order valence-corrected chi connectivity index (χ3v) is 6.55. The van der Waals surface area contributed by atoms with E-state index in [1.807, 2.05) is 0 Å². The smallest absolute Gasteiger partial charge is 0.241 e. The summed E-state index contributed by atoms with van der Waals surface area (Å²) >= 11 is 0. The Morgan fingerprint density at radius 1 is 1.37 bits per heavy atom. The van der Waals surface area contributed by atoms with Crippen LogP contribution < -0.4 is 5.14 Å². The zero-order valence-corrected chi connectivity index (χ0v) is 12.7. The predicted molar refractivity (Wildman–Crippen MR) is 70.0 cm³/mol. The van der Waals surface area contributed by atoms with Crippen LogP contribution >= 0.6 is 0 Å². The van der Waals surface area contributed by atoms with Crippen LogP contribution in [-0.2, 0) is 25.4 Å². The van der Waals surface area contributed by atoms with Gasteiger partial charge in [0.2, 0.25) is 10.0 Å². The van der Waals surface area contributed by atoms with E-state index in [0.717, 1.165) is 0 Å². The van der Waals surface area contributed by atoms with Crippen molar-refractivity contribution in [2.75, 3.05) is 11.5 Å². The highest BCUT2D eigenvalue weighted by atomic mass is 32.2. The third-order valence-electron chi connectivity index (χ3n) is 3.50. The van der Waals surface area contributed by atoms with E-state index < -0.39 is 25.4 Å². The maximum Gasteiger partial charge on any atom is 0.241 e. The molecule has 1 aromatic rings. The SMILES string of the molecule is Cc1nn(C2(C)CCS(=O)(=O)C2)c(C)c1S(N)(=O)=O. The average molecular weight is 307 g/mol. The van der Waals surface area contributed by atoms with E-state index in [-0.39, 0.29) is 16.4 Å². The molecule has 1 aromatic heterocycles. The van der Waals surface area contributed by atoms with Gasteiger partial charge in [-0.1, -0.05) is 0 Å². The molecule has 1 atom stereocenters. The average Bonchev–Trinajstić information content (AvgIpc) is 2.64. The van der Waals surface area contributed by atoms with E-state index in [1.54, 1.807) is 20.8 Å². The van der Waals surface area contributed by atoms with Crippen LogP contribution in [0.25, 0.3) is 0 Å². The van der Waals surface area contributed by atoms with Gasteiger partial charge < -0.3 is 0 Å². The number of rotatable bonds is 2. The Labute approximate surface area is 112 Å². The van der Waals surface area contributed by atoms with Crippen LogP contribution in [-0.4, -0.2) is 38.1 Å².